The van der Waals surface area contributed by atoms with Crippen LogP contribution >= 0.6 is 0 Å². The molecule has 0 fully saturated rings. The van der Waals surface area contributed by atoms with Gasteiger partial charge in [0.2, 0.25) is 0 Å². The number of nitrogens with two attached hydrogens (primary N) is 1. The van der Waals surface area contributed by atoms with Crippen molar-refractivity contribution in [3.63, 3.8) is 0 Å². The van der Waals surface area contributed by atoms with E-state index in [1.54, 1.807) is 0 Å². The molecule has 2 aromatic rings. The second-order valence-electron chi connectivity index (χ2n) is 4.82. The van der Waals surface area contributed by atoms with Gasteiger partial charge in [0.25, 0.3) is 0 Å². The van der Waals surface area contributed by atoms with E-state index in [-0.39, 0.29) is 0 Å². The molecule has 18 heavy (non-hydrogen) atoms. The third-order valence-electron chi connectivity index (χ3n) is 3.40. The molecule has 0 aromatic heterocycles. The second-order valence-corrected chi connectivity index (χ2v) is 4.82. The standard InChI is InChI=1S/C17H19N/c1-11-6-5-7-12(2)17(11)14(4)15-8-9-16(18)13(3)10-15/h5-10H,4,18H2,1-3H3. The molecule has 0 aliphatic rings. The van der Waals surface area contributed by atoms with Crippen molar-refractivity contribution in [1.82, 2.24) is 0 Å². The molecule has 2 N–H and O–H groups in total. The predicted molar refractivity (Wildman–Crippen MR) is 79.6 cm³/mol. The summed E-state index contributed by atoms with van der Waals surface area (Å²) >= 11 is 0. The van der Waals surface area contributed by atoms with Crippen molar-refractivity contribution >= 4 is 11.3 Å². The molecular formula is C17H19N. The van der Waals surface area contributed by atoms with Gasteiger partial charge in [0.15, 0.2) is 0 Å². The van der Waals surface area contributed by atoms with Crippen LogP contribution in [0, 0.1) is 20.8 Å². The Hall–Kier alpha value is -2.02. The van der Waals surface area contributed by atoms with Crippen molar-refractivity contribution in [3.05, 3.63) is 70.8 Å². The fraction of sp³-hybridized carbons (Fsp3) is 0.176. The van der Waals surface area contributed by atoms with E-state index in [4.69, 9.17) is 5.73 Å². The zero-order valence-electron chi connectivity index (χ0n) is 11.2. The van der Waals surface area contributed by atoms with Crippen LogP contribution in [0.25, 0.3) is 5.57 Å². The van der Waals surface area contributed by atoms with E-state index in [0.29, 0.717) is 0 Å². The summed E-state index contributed by atoms with van der Waals surface area (Å²) in [6.07, 6.45) is 0. The van der Waals surface area contributed by atoms with Gasteiger partial charge >= 0.3 is 0 Å². The Morgan fingerprint density at radius 2 is 1.56 bits per heavy atom. The molecule has 2 aromatic carbocycles. The first-order chi connectivity index (χ1) is 8.50. The first kappa shape index (κ1) is 12.4. The number of aryl methyl sites for hydroxylation is 3. The minimum Gasteiger partial charge on any atom is -0.399 e. The van der Waals surface area contributed by atoms with Gasteiger partial charge in [-0.2, -0.15) is 0 Å². The van der Waals surface area contributed by atoms with Gasteiger partial charge in [-0.05, 0) is 66.3 Å². The van der Waals surface area contributed by atoms with Gasteiger partial charge in [-0.1, -0.05) is 30.8 Å². The molecule has 0 atom stereocenters. The molecule has 0 aliphatic heterocycles. The topological polar surface area (TPSA) is 26.0 Å². The highest BCUT2D eigenvalue weighted by molar-refractivity contribution is 5.82. The van der Waals surface area contributed by atoms with Crippen LogP contribution in [0.5, 0.6) is 0 Å². The molecule has 0 saturated carbocycles. The summed E-state index contributed by atoms with van der Waals surface area (Å²) in [5, 5.41) is 0. The van der Waals surface area contributed by atoms with E-state index in [1.165, 1.54) is 16.7 Å². The SMILES string of the molecule is C=C(c1ccc(N)c(C)c1)c1c(C)cccc1C. The molecule has 0 heterocycles. The van der Waals surface area contributed by atoms with Crippen LogP contribution < -0.4 is 5.73 Å². The molecule has 2 rings (SSSR count). The van der Waals surface area contributed by atoms with Gasteiger partial charge in [-0.15, -0.1) is 0 Å². The van der Waals surface area contributed by atoms with Gasteiger partial charge < -0.3 is 5.73 Å². The number of rotatable bonds is 2. The smallest absolute Gasteiger partial charge is 0.0344 e. The highest BCUT2D eigenvalue weighted by Crippen LogP contribution is 2.28. The van der Waals surface area contributed by atoms with E-state index in [2.05, 4.69) is 44.7 Å². The average Bonchev–Trinajstić information content (AvgIpc) is 2.32. The second kappa shape index (κ2) is 4.69. The Morgan fingerprint density at radius 3 is 2.11 bits per heavy atom. The first-order valence-corrected chi connectivity index (χ1v) is 6.12. The maximum Gasteiger partial charge on any atom is 0.0344 e. The monoisotopic (exact) mass is 237 g/mol. The molecule has 0 aliphatic carbocycles. The van der Waals surface area contributed by atoms with E-state index in [9.17, 15) is 0 Å². The number of benzene rings is 2. The van der Waals surface area contributed by atoms with Gasteiger partial charge in [0, 0.05) is 5.69 Å². The maximum atomic E-state index is 5.86. The summed E-state index contributed by atoms with van der Waals surface area (Å²) in [5.74, 6) is 0. The van der Waals surface area contributed by atoms with Crippen molar-refractivity contribution in [1.29, 1.82) is 0 Å². The summed E-state index contributed by atoms with van der Waals surface area (Å²) in [6, 6.07) is 12.4. The first-order valence-electron chi connectivity index (χ1n) is 6.12. The molecular weight excluding hydrogens is 218 g/mol. The summed E-state index contributed by atoms with van der Waals surface area (Å²) in [5.41, 5.74) is 13.7. The highest BCUT2D eigenvalue weighted by atomic mass is 14.5. The lowest BCUT2D eigenvalue weighted by molar-refractivity contribution is 1.33. The Morgan fingerprint density at radius 1 is 0.944 bits per heavy atom. The van der Waals surface area contributed by atoms with Crippen molar-refractivity contribution in [2.45, 2.75) is 20.8 Å². The average molecular weight is 237 g/mol. The highest BCUT2D eigenvalue weighted by Gasteiger charge is 2.09. The van der Waals surface area contributed by atoms with E-state index >= 15 is 0 Å². The minimum absolute atomic E-state index is 0.827. The predicted octanol–water partition coefficient (Wildman–Crippen LogP) is 4.26. The largest absolute Gasteiger partial charge is 0.399 e. The maximum absolute atomic E-state index is 5.86. The molecule has 92 valence electrons. The van der Waals surface area contributed by atoms with Crippen LogP contribution in [0.2, 0.25) is 0 Å². The van der Waals surface area contributed by atoms with Crippen molar-refractivity contribution in [2.75, 3.05) is 5.73 Å². The molecule has 1 nitrogen and oxygen atoms in total. The lowest BCUT2D eigenvalue weighted by atomic mass is 9.91. The fourth-order valence-electron chi connectivity index (χ4n) is 2.30. The molecule has 0 spiro atoms. The van der Waals surface area contributed by atoms with Crippen LogP contribution in [-0.2, 0) is 0 Å². The van der Waals surface area contributed by atoms with Crippen LogP contribution in [0.4, 0.5) is 5.69 Å². The molecule has 0 radical (unpaired) electrons. The van der Waals surface area contributed by atoms with Gasteiger partial charge in [-0.25, -0.2) is 0 Å². The van der Waals surface area contributed by atoms with Gasteiger partial charge in [-0.3, -0.25) is 0 Å². The van der Waals surface area contributed by atoms with Crippen LogP contribution in [0.15, 0.2) is 43.0 Å². The van der Waals surface area contributed by atoms with Crippen molar-refractivity contribution < 1.29 is 0 Å². The third kappa shape index (κ3) is 2.17. The van der Waals surface area contributed by atoms with Gasteiger partial charge in [0.05, 0.1) is 0 Å². The number of hydrogen-bond donors (Lipinski definition) is 1. The van der Waals surface area contributed by atoms with Crippen LogP contribution in [0.1, 0.15) is 27.8 Å². The lowest BCUT2D eigenvalue weighted by Crippen LogP contribution is -1.96. The Kier molecular flexibility index (Phi) is 3.24. The quantitative estimate of drug-likeness (QED) is 0.776. The summed E-state index contributed by atoms with van der Waals surface area (Å²) < 4.78 is 0. The van der Waals surface area contributed by atoms with E-state index in [1.807, 2.05) is 19.1 Å². The molecule has 0 saturated heterocycles. The number of hydrogen-bond acceptors (Lipinski definition) is 1. The van der Waals surface area contributed by atoms with E-state index in [0.717, 1.165) is 22.4 Å². The zero-order valence-corrected chi connectivity index (χ0v) is 11.2. The van der Waals surface area contributed by atoms with Crippen molar-refractivity contribution in [3.8, 4) is 0 Å². The number of nitrogen functional groups attached to an aromatic ring is 1. The minimum atomic E-state index is 0.827. The van der Waals surface area contributed by atoms with Crippen molar-refractivity contribution in [2.24, 2.45) is 0 Å². The summed E-state index contributed by atoms with van der Waals surface area (Å²) in [4.78, 5) is 0. The normalized spacial score (nSPS) is 10.4. The third-order valence-corrected chi connectivity index (χ3v) is 3.40. The molecule has 0 amide bonds. The Balaban J connectivity index is 2.51. The molecule has 0 unspecified atom stereocenters. The Labute approximate surface area is 109 Å². The van der Waals surface area contributed by atoms with E-state index < -0.39 is 0 Å². The van der Waals surface area contributed by atoms with Crippen LogP contribution in [-0.4, -0.2) is 0 Å². The summed E-state index contributed by atoms with van der Waals surface area (Å²) in [7, 11) is 0. The van der Waals surface area contributed by atoms with Crippen LogP contribution in [0.3, 0.4) is 0 Å². The Bertz CT molecular complexity index is 589. The molecule has 1 heteroatoms. The fourth-order valence-corrected chi connectivity index (χ4v) is 2.30. The lowest BCUT2D eigenvalue weighted by Gasteiger charge is -2.14. The zero-order chi connectivity index (χ0) is 13.3. The van der Waals surface area contributed by atoms with Gasteiger partial charge in [0.1, 0.15) is 0 Å². The number of anilines is 1. The molecule has 0 bridgehead atoms. The summed E-state index contributed by atoms with van der Waals surface area (Å²) in [6.45, 7) is 10.5.